The van der Waals surface area contributed by atoms with Gasteiger partial charge < -0.3 is 14.4 Å². The molecule has 2 atom stereocenters. The van der Waals surface area contributed by atoms with Gasteiger partial charge in [0.1, 0.15) is 0 Å². The summed E-state index contributed by atoms with van der Waals surface area (Å²) in [6, 6.07) is 0.319. The van der Waals surface area contributed by atoms with E-state index in [0.717, 1.165) is 30.5 Å². The maximum absolute atomic E-state index is 13.1. The average Bonchev–Trinajstić information content (AvgIpc) is 3.16. The van der Waals surface area contributed by atoms with E-state index in [0.29, 0.717) is 24.9 Å². The molecule has 23 heavy (non-hydrogen) atoms. The monoisotopic (exact) mass is 321 g/mol. The highest BCUT2D eigenvalue weighted by Gasteiger charge is 2.34. The average molecular weight is 321 g/mol. The van der Waals surface area contributed by atoms with Crippen LogP contribution in [-0.4, -0.2) is 53.4 Å². The van der Waals surface area contributed by atoms with Crippen LogP contribution in [0.4, 0.5) is 0 Å². The van der Waals surface area contributed by atoms with Gasteiger partial charge in [0.25, 0.3) is 5.91 Å². The van der Waals surface area contributed by atoms with Gasteiger partial charge in [-0.15, -0.1) is 0 Å². The summed E-state index contributed by atoms with van der Waals surface area (Å²) in [6.45, 7) is 5.23. The predicted octanol–water partition coefficient (Wildman–Crippen LogP) is 2.46. The van der Waals surface area contributed by atoms with Gasteiger partial charge in [-0.1, -0.05) is 12.8 Å². The Morgan fingerprint density at radius 3 is 2.83 bits per heavy atom. The molecule has 0 bridgehead atoms. The molecule has 1 aliphatic carbocycles. The topological polar surface area (TPSA) is 67.5 Å². The van der Waals surface area contributed by atoms with Gasteiger partial charge in [-0.3, -0.25) is 9.89 Å². The van der Waals surface area contributed by atoms with Crippen molar-refractivity contribution in [3.63, 3.8) is 0 Å². The Balaban J connectivity index is 1.85. The fourth-order valence-electron chi connectivity index (χ4n) is 3.84. The largest absolute Gasteiger partial charge is 0.383 e. The number of hydrogen-bond donors (Lipinski definition) is 1. The predicted molar refractivity (Wildman–Crippen MR) is 86.4 cm³/mol. The van der Waals surface area contributed by atoms with E-state index < -0.39 is 0 Å². The highest BCUT2D eigenvalue weighted by Crippen LogP contribution is 2.32. The maximum Gasteiger partial charge on any atom is 0.274 e. The van der Waals surface area contributed by atoms with E-state index in [1.807, 2.05) is 18.7 Å². The van der Waals surface area contributed by atoms with E-state index in [-0.39, 0.29) is 18.1 Å². The number of carbonyl (C=O) groups is 1. The second kappa shape index (κ2) is 7.01. The molecule has 1 saturated carbocycles. The van der Waals surface area contributed by atoms with Crippen LogP contribution in [0.1, 0.15) is 67.4 Å². The van der Waals surface area contributed by atoms with Crippen LogP contribution < -0.4 is 0 Å². The zero-order valence-corrected chi connectivity index (χ0v) is 14.3. The summed E-state index contributed by atoms with van der Waals surface area (Å²) >= 11 is 0. The summed E-state index contributed by atoms with van der Waals surface area (Å²) in [5, 5.41) is 7.37. The van der Waals surface area contributed by atoms with Gasteiger partial charge in [-0.25, -0.2) is 0 Å². The van der Waals surface area contributed by atoms with Crippen LogP contribution in [-0.2, 0) is 15.9 Å². The van der Waals surface area contributed by atoms with Gasteiger partial charge in [-0.05, 0) is 26.7 Å². The normalized spacial score (nSPS) is 24.7. The number of aromatic nitrogens is 2. The fraction of sp³-hybridized carbons (Fsp3) is 0.765. The first-order valence-corrected chi connectivity index (χ1v) is 8.64. The Hall–Kier alpha value is -1.40. The molecule has 2 aliphatic rings. The summed E-state index contributed by atoms with van der Waals surface area (Å²) in [7, 11) is 1.68. The Labute approximate surface area is 137 Å². The molecule has 6 nitrogen and oxygen atoms in total. The van der Waals surface area contributed by atoms with Crippen LogP contribution in [0.2, 0.25) is 0 Å². The first-order valence-electron chi connectivity index (χ1n) is 8.64. The molecule has 0 spiro atoms. The number of fused-ring (bicyclic) bond motifs is 1. The molecule has 1 N–H and O–H groups in total. The first kappa shape index (κ1) is 16.5. The Bertz CT molecular complexity index is 551. The van der Waals surface area contributed by atoms with E-state index in [2.05, 4.69) is 10.2 Å². The van der Waals surface area contributed by atoms with Gasteiger partial charge in [-0.2, -0.15) is 5.10 Å². The molecule has 1 fully saturated rings. The van der Waals surface area contributed by atoms with Gasteiger partial charge in [0.15, 0.2) is 5.69 Å². The number of nitrogens with zero attached hydrogens (tertiary/aromatic N) is 2. The molecule has 6 heteroatoms. The summed E-state index contributed by atoms with van der Waals surface area (Å²) in [5.41, 5.74) is 2.55. The zero-order chi connectivity index (χ0) is 16.4. The summed E-state index contributed by atoms with van der Waals surface area (Å²) in [5.74, 6) is 0.0350. The van der Waals surface area contributed by atoms with Crippen molar-refractivity contribution >= 4 is 5.91 Å². The van der Waals surface area contributed by atoms with Crippen LogP contribution >= 0.6 is 0 Å². The minimum absolute atomic E-state index is 0.0350. The number of ether oxygens (including phenoxy) is 2. The molecule has 1 amide bonds. The van der Waals surface area contributed by atoms with Crippen LogP contribution in [0, 0.1) is 0 Å². The number of rotatable bonds is 5. The number of hydrogen-bond acceptors (Lipinski definition) is 4. The number of H-pyrrole nitrogens is 1. The smallest absolute Gasteiger partial charge is 0.274 e. The summed E-state index contributed by atoms with van der Waals surface area (Å²) in [6.07, 6.45) is 5.36. The molecular formula is C17H27N3O3. The van der Waals surface area contributed by atoms with Crippen molar-refractivity contribution in [2.45, 2.75) is 64.2 Å². The third kappa shape index (κ3) is 3.28. The molecule has 1 aliphatic heterocycles. The number of nitrogens with one attached hydrogen (secondary N) is 1. The molecule has 0 saturated heterocycles. The van der Waals surface area contributed by atoms with Crippen LogP contribution in [0.15, 0.2) is 0 Å². The lowest BCUT2D eigenvalue weighted by molar-refractivity contribution is -0.00705. The second-order valence-electron chi connectivity index (χ2n) is 6.69. The highest BCUT2D eigenvalue weighted by atomic mass is 16.5. The Morgan fingerprint density at radius 2 is 2.13 bits per heavy atom. The fourth-order valence-corrected chi connectivity index (χ4v) is 3.84. The van der Waals surface area contributed by atoms with E-state index in [9.17, 15) is 4.79 Å². The molecule has 0 radical (unpaired) electrons. The minimum atomic E-state index is -0.0401. The zero-order valence-electron chi connectivity index (χ0n) is 14.3. The van der Waals surface area contributed by atoms with Crippen molar-refractivity contribution in [2.24, 2.45) is 0 Å². The lowest BCUT2D eigenvalue weighted by Crippen LogP contribution is -2.41. The van der Waals surface area contributed by atoms with Crippen molar-refractivity contribution in [3.8, 4) is 0 Å². The van der Waals surface area contributed by atoms with Crippen molar-refractivity contribution in [1.82, 2.24) is 15.1 Å². The van der Waals surface area contributed by atoms with Crippen molar-refractivity contribution < 1.29 is 14.3 Å². The van der Waals surface area contributed by atoms with Crippen molar-refractivity contribution in [2.75, 3.05) is 20.3 Å². The van der Waals surface area contributed by atoms with Gasteiger partial charge in [0.2, 0.25) is 0 Å². The van der Waals surface area contributed by atoms with E-state index in [1.54, 1.807) is 7.11 Å². The number of aromatic amines is 1. The first-order chi connectivity index (χ1) is 11.1. The maximum atomic E-state index is 13.1. The molecule has 1 aromatic rings. The highest BCUT2D eigenvalue weighted by molar-refractivity contribution is 5.94. The van der Waals surface area contributed by atoms with Crippen molar-refractivity contribution in [1.29, 1.82) is 0 Å². The Kier molecular flexibility index (Phi) is 5.02. The summed E-state index contributed by atoms with van der Waals surface area (Å²) < 4.78 is 11.0. The molecule has 1 aromatic heterocycles. The Morgan fingerprint density at radius 1 is 1.39 bits per heavy atom. The minimum Gasteiger partial charge on any atom is -0.383 e. The number of carbonyl (C=O) groups excluding carboxylic acids is 1. The molecule has 0 aromatic carbocycles. The number of amides is 1. The second-order valence-corrected chi connectivity index (χ2v) is 6.69. The third-order valence-corrected chi connectivity index (χ3v) is 5.00. The van der Waals surface area contributed by atoms with E-state index in [1.165, 1.54) is 12.8 Å². The molecule has 2 heterocycles. The molecule has 128 valence electrons. The van der Waals surface area contributed by atoms with Gasteiger partial charge >= 0.3 is 0 Å². The van der Waals surface area contributed by atoms with Crippen LogP contribution in [0.3, 0.4) is 0 Å². The van der Waals surface area contributed by atoms with E-state index in [4.69, 9.17) is 9.47 Å². The third-order valence-electron chi connectivity index (χ3n) is 5.00. The number of methoxy groups -OCH3 is 1. The quantitative estimate of drug-likeness (QED) is 0.904. The van der Waals surface area contributed by atoms with Crippen LogP contribution in [0.5, 0.6) is 0 Å². The molecule has 3 rings (SSSR count). The van der Waals surface area contributed by atoms with Crippen LogP contribution in [0.25, 0.3) is 0 Å². The van der Waals surface area contributed by atoms with E-state index >= 15 is 0 Å². The summed E-state index contributed by atoms with van der Waals surface area (Å²) in [4.78, 5) is 15.1. The van der Waals surface area contributed by atoms with Gasteiger partial charge in [0, 0.05) is 31.7 Å². The van der Waals surface area contributed by atoms with Crippen molar-refractivity contribution in [3.05, 3.63) is 17.0 Å². The lowest BCUT2D eigenvalue weighted by Gasteiger charge is -2.29. The molecule has 0 unspecified atom stereocenters. The molecular weight excluding hydrogens is 294 g/mol. The lowest BCUT2D eigenvalue weighted by atomic mass is 9.99. The standard InChI is InChI=1S/C17H27N3O3/c1-11-10-14-15(12(2)23-11)18-19-16(14)17(21)20(8-9-22-3)13-6-4-5-7-13/h11-13H,4-10H2,1-3H3,(H,18,19)/t11-,12+/m0/s1. The van der Waals surface area contributed by atoms with Gasteiger partial charge in [0.05, 0.1) is 24.5 Å². The SMILES string of the molecule is COCCN(C(=O)c1n[nH]c2c1C[C@H](C)O[C@@H]2C)C1CCCC1.